The van der Waals surface area contributed by atoms with Crippen LogP contribution in [0.25, 0.3) is 0 Å². The minimum absolute atomic E-state index is 0.0545. The van der Waals surface area contributed by atoms with Crippen LogP contribution in [0, 0.1) is 11.8 Å². The zero-order valence-electron chi connectivity index (χ0n) is 13.4. The number of carbonyl (C=O) groups excluding carboxylic acids is 1. The second-order valence-electron chi connectivity index (χ2n) is 6.29. The van der Waals surface area contributed by atoms with Crippen LogP contribution in [0.4, 0.5) is 13.2 Å². The first kappa shape index (κ1) is 17.9. The molecule has 134 valence electrons. The lowest BCUT2D eigenvalue weighted by atomic mass is 9.81. The van der Waals surface area contributed by atoms with Crippen LogP contribution in [0.1, 0.15) is 41.6 Å². The fourth-order valence-corrected chi connectivity index (χ4v) is 3.01. The third kappa shape index (κ3) is 4.03. The average Bonchev–Trinajstić information content (AvgIpc) is 3.04. The first-order valence-corrected chi connectivity index (χ1v) is 7.97. The van der Waals surface area contributed by atoms with Crippen LogP contribution in [0.3, 0.4) is 0 Å². The molecule has 4 nitrogen and oxygen atoms in total. The Morgan fingerprint density at radius 1 is 1.04 bits per heavy atom. The van der Waals surface area contributed by atoms with Crippen molar-refractivity contribution in [2.75, 3.05) is 13.2 Å². The van der Waals surface area contributed by atoms with Gasteiger partial charge in [-0.25, -0.2) is 0 Å². The van der Waals surface area contributed by atoms with E-state index in [9.17, 15) is 23.1 Å². The number of halogens is 3. The van der Waals surface area contributed by atoms with E-state index in [1.165, 1.54) is 0 Å². The van der Waals surface area contributed by atoms with Crippen LogP contribution in [0.5, 0.6) is 0 Å². The molecule has 1 heterocycles. The van der Waals surface area contributed by atoms with Gasteiger partial charge in [-0.2, -0.15) is 13.2 Å². The van der Waals surface area contributed by atoms with Crippen molar-refractivity contribution >= 4 is 5.78 Å². The number of ketones is 1. The molecule has 2 fully saturated rings. The lowest BCUT2D eigenvalue weighted by Gasteiger charge is -2.37. The summed E-state index contributed by atoms with van der Waals surface area (Å²) >= 11 is 0. The predicted molar refractivity (Wildman–Crippen MR) is 81.6 cm³/mol. The van der Waals surface area contributed by atoms with E-state index in [0.717, 1.165) is 24.3 Å². The zero-order chi connectivity index (χ0) is 18.1. The molecule has 1 saturated carbocycles. The van der Waals surface area contributed by atoms with Crippen molar-refractivity contribution in [1.82, 2.24) is 0 Å². The van der Waals surface area contributed by atoms with E-state index in [1.807, 2.05) is 0 Å². The lowest BCUT2D eigenvalue weighted by molar-refractivity contribution is -0.195. The van der Waals surface area contributed by atoms with Crippen LogP contribution in [0.2, 0.25) is 0 Å². The maximum atomic E-state index is 12.5. The van der Waals surface area contributed by atoms with Crippen LogP contribution < -0.4 is 0 Å². The highest BCUT2D eigenvalue weighted by molar-refractivity contribution is 6.09. The molecule has 1 aromatic carbocycles. The Bertz CT molecular complexity index is 697. The number of hydrogen-bond donors (Lipinski definition) is 1. The van der Waals surface area contributed by atoms with E-state index in [4.69, 9.17) is 9.47 Å². The Morgan fingerprint density at radius 3 is 2.12 bits per heavy atom. The molecule has 0 bridgehead atoms. The van der Waals surface area contributed by atoms with Gasteiger partial charge in [0.1, 0.15) is 5.60 Å². The molecule has 0 unspecified atom stereocenters. The monoisotopic (exact) mass is 354 g/mol. The molecule has 1 saturated heterocycles. The molecule has 0 radical (unpaired) electrons. The number of alkyl halides is 3. The minimum Gasteiger partial charge on any atom is -0.378 e. The number of aliphatic hydroxyl groups is 1. The number of hydrogen-bond acceptors (Lipinski definition) is 4. The van der Waals surface area contributed by atoms with Crippen LogP contribution in [0.15, 0.2) is 24.3 Å². The van der Waals surface area contributed by atoms with Gasteiger partial charge >= 0.3 is 6.18 Å². The highest BCUT2D eigenvalue weighted by atomic mass is 19.4. The molecule has 1 aliphatic carbocycles. The van der Waals surface area contributed by atoms with Crippen molar-refractivity contribution in [3.05, 3.63) is 35.4 Å². The molecule has 0 atom stereocenters. The van der Waals surface area contributed by atoms with E-state index in [2.05, 4.69) is 11.8 Å². The summed E-state index contributed by atoms with van der Waals surface area (Å²) in [6.07, 6.45) is -2.88. The van der Waals surface area contributed by atoms with Crippen molar-refractivity contribution < 1.29 is 32.5 Å². The topological polar surface area (TPSA) is 55.8 Å². The SMILES string of the molecule is O=C(C#CC1(O)CCC2(CC1)OCCO2)c1ccc(C(F)(F)F)cc1. The molecule has 1 aromatic rings. The van der Waals surface area contributed by atoms with Gasteiger partial charge in [0.05, 0.1) is 18.8 Å². The van der Waals surface area contributed by atoms with Crippen molar-refractivity contribution in [2.24, 2.45) is 0 Å². The van der Waals surface area contributed by atoms with E-state index < -0.39 is 28.9 Å². The Balaban J connectivity index is 1.65. The van der Waals surface area contributed by atoms with Crippen molar-refractivity contribution in [2.45, 2.75) is 43.2 Å². The third-order valence-corrected chi connectivity index (χ3v) is 4.54. The number of carbonyl (C=O) groups is 1. The van der Waals surface area contributed by atoms with Crippen molar-refractivity contribution in [3.8, 4) is 11.8 Å². The Hall–Kier alpha value is -1.88. The highest BCUT2D eigenvalue weighted by Crippen LogP contribution is 2.40. The normalized spacial score (nSPS) is 21.6. The van der Waals surface area contributed by atoms with E-state index in [1.54, 1.807) is 0 Å². The van der Waals surface area contributed by atoms with E-state index in [-0.39, 0.29) is 5.56 Å². The summed E-state index contributed by atoms with van der Waals surface area (Å²) in [5.41, 5.74) is -2.09. The summed E-state index contributed by atoms with van der Waals surface area (Å²) in [7, 11) is 0. The maximum absolute atomic E-state index is 12.5. The molecule has 1 aliphatic heterocycles. The highest BCUT2D eigenvalue weighted by Gasteiger charge is 2.45. The fourth-order valence-electron chi connectivity index (χ4n) is 3.01. The van der Waals surface area contributed by atoms with Gasteiger partial charge in [0.2, 0.25) is 5.78 Å². The summed E-state index contributed by atoms with van der Waals surface area (Å²) < 4.78 is 48.7. The Morgan fingerprint density at radius 2 is 1.60 bits per heavy atom. The van der Waals surface area contributed by atoms with Crippen LogP contribution in [-0.4, -0.2) is 35.5 Å². The molecule has 0 aromatic heterocycles. The number of benzene rings is 1. The summed E-state index contributed by atoms with van der Waals surface area (Å²) in [4.78, 5) is 12.0. The number of Topliss-reactive ketones (excluding diaryl/α,β-unsaturated/α-hetero) is 1. The second-order valence-corrected chi connectivity index (χ2v) is 6.29. The van der Waals surface area contributed by atoms with Crippen molar-refractivity contribution in [1.29, 1.82) is 0 Å². The van der Waals surface area contributed by atoms with Gasteiger partial charge in [-0.05, 0) is 43.0 Å². The summed E-state index contributed by atoms with van der Waals surface area (Å²) in [6, 6.07) is 3.84. The molecule has 2 aliphatic rings. The fraction of sp³-hybridized carbons (Fsp3) is 0.500. The Kier molecular flexibility index (Phi) is 4.62. The molecule has 7 heteroatoms. The minimum atomic E-state index is -4.45. The molecular weight excluding hydrogens is 337 g/mol. The summed E-state index contributed by atoms with van der Waals surface area (Å²) in [5, 5.41) is 10.5. The molecule has 1 spiro atoms. The molecule has 1 N–H and O–H groups in total. The summed E-state index contributed by atoms with van der Waals surface area (Å²) in [6.45, 7) is 1.05. The van der Waals surface area contributed by atoms with Gasteiger partial charge in [-0.1, -0.05) is 5.92 Å². The largest absolute Gasteiger partial charge is 0.416 e. The predicted octanol–water partition coefficient (Wildman–Crippen LogP) is 2.94. The van der Waals surface area contributed by atoms with Gasteiger partial charge in [-0.3, -0.25) is 4.79 Å². The third-order valence-electron chi connectivity index (χ3n) is 4.54. The van der Waals surface area contributed by atoms with Crippen LogP contribution >= 0.6 is 0 Å². The van der Waals surface area contributed by atoms with E-state index >= 15 is 0 Å². The van der Waals surface area contributed by atoms with Crippen molar-refractivity contribution in [3.63, 3.8) is 0 Å². The van der Waals surface area contributed by atoms with Crippen LogP contribution in [-0.2, 0) is 15.7 Å². The van der Waals surface area contributed by atoms with E-state index in [0.29, 0.717) is 38.9 Å². The number of rotatable bonds is 1. The first-order chi connectivity index (χ1) is 11.7. The van der Waals surface area contributed by atoms with Gasteiger partial charge in [0.25, 0.3) is 0 Å². The summed E-state index contributed by atoms with van der Waals surface area (Å²) in [5.74, 6) is 3.64. The Labute approximate surface area is 142 Å². The van der Waals surface area contributed by atoms with Gasteiger partial charge in [0, 0.05) is 18.4 Å². The number of ether oxygens (including phenoxy) is 2. The quantitative estimate of drug-likeness (QED) is 0.479. The molecular formula is C18H17F3O4. The zero-order valence-corrected chi connectivity index (χ0v) is 13.4. The molecule has 3 rings (SSSR count). The van der Waals surface area contributed by atoms with Gasteiger partial charge in [-0.15, -0.1) is 0 Å². The maximum Gasteiger partial charge on any atom is 0.416 e. The lowest BCUT2D eigenvalue weighted by Crippen LogP contribution is -2.42. The standard InChI is InChI=1S/C18H17F3O4/c19-18(20,21)14-3-1-13(2-4-14)15(22)5-6-16(23)7-9-17(10-8-16)24-11-12-25-17/h1-4,23H,7-12H2. The van der Waals surface area contributed by atoms with Gasteiger partial charge in [0.15, 0.2) is 5.79 Å². The molecule has 0 amide bonds. The van der Waals surface area contributed by atoms with Gasteiger partial charge < -0.3 is 14.6 Å². The first-order valence-electron chi connectivity index (χ1n) is 7.97. The smallest absolute Gasteiger partial charge is 0.378 e. The molecule has 25 heavy (non-hydrogen) atoms. The second kappa shape index (κ2) is 6.45. The average molecular weight is 354 g/mol.